The first-order valence-electron chi connectivity index (χ1n) is 9.72. The van der Waals surface area contributed by atoms with Crippen LogP contribution in [0.25, 0.3) is 0 Å². The molecule has 0 saturated carbocycles. The molecule has 160 valence electrons. The molecule has 0 radical (unpaired) electrons. The van der Waals surface area contributed by atoms with E-state index in [9.17, 15) is 19.7 Å². The van der Waals surface area contributed by atoms with Gasteiger partial charge in [0, 0.05) is 25.8 Å². The lowest BCUT2D eigenvalue weighted by atomic mass is 9.97. The molecule has 0 spiro atoms. The van der Waals surface area contributed by atoms with Gasteiger partial charge in [-0.1, -0.05) is 32.0 Å². The highest BCUT2D eigenvalue weighted by molar-refractivity contribution is 5.98. The van der Waals surface area contributed by atoms with E-state index in [1.165, 1.54) is 19.1 Å². The number of benzene rings is 2. The number of para-hydroxylation sites is 1. The summed E-state index contributed by atoms with van der Waals surface area (Å²) >= 11 is 0. The van der Waals surface area contributed by atoms with Gasteiger partial charge in [0.2, 0.25) is 0 Å². The third kappa shape index (κ3) is 5.34. The number of nitrogens with one attached hydrogen (secondary N) is 1. The number of carbonyl (C=O) groups excluding carboxylic acids is 2. The minimum Gasteiger partial charge on any atom is -0.449 e. The van der Waals surface area contributed by atoms with Crippen LogP contribution in [0.1, 0.15) is 49.0 Å². The SMILES string of the molecule is CC[C@@H](C)c1ccccc1NC(=O)[C@H](C)OC(=O)c1ccc(N(C)C)c([N+](=O)[O-])c1. The summed E-state index contributed by atoms with van der Waals surface area (Å²) in [6, 6.07) is 11.5. The van der Waals surface area contributed by atoms with Crippen LogP contribution < -0.4 is 10.2 Å². The number of anilines is 2. The number of hydrogen-bond acceptors (Lipinski definition) is 6. The maximum Gasteiger partial charge on any atom is 0.339 e. The third-order valence-corrected chi connectivity index (χ3v) is 4.90. The molecule has 30 heavy (non-hydrogen) atoms. The fourth-order valence-electron chi connectivity index (χ4n) is 2.95. The van der Waals surface area contributed by atoms with E-state index in [-0.39, 0.29) is 17.2 Å². The molecule has 0 aliphatic rings. The predicted molar refractivity (Wildman–Crippen MR) is 116 cm³/mol. The normalized spacial score (nSPS) is 12.6. The number of esters is 1. The summed E-state index contributed by atoms with van der Waals surface area (Å²) < 4.78 is 5.25. The molecule has 0 aliphatic heterocycles. The molecular weight excluding hydrogens is 386 g/mol. The Labute approximate surface area is 176 Å². The zero-order chi connectivity index (χ0) is 22.4. The largest absolute Gasteiger partial charge is 0.449 e. The van der Waals surface area contributed by atoms with E-state index in [0.717, 1.165) is 18.1 Å². The van der Waals surface area contributed by atoms with Crippen LogP contribution in [0.3, 0.4) is 0 Å². The number of hydrogen-bond donors (Lipinski definition) is 1. The molecule has 0 heterocycles. The highest BCUT2D eigenvalue weighted by Gasteiger charge is 2.23. The van der Waals surface area contributed by atoms with Crippen molar-refractivity contribution in [2.24, 2.45) is 0 Å². The molecule has 2 rings (SSSR count). The molecule has 8 nitrogen and oxygen atoms in total. The first kappa shape index (κ1) is 22.9. The van der Waals surface area contributed by atoms with Gasteiger partial charge in [-0.3, -0.25) is 14.9 Å². The van der Waals surface area contributed by atoms with Crippen LogP contribution in [0, 0.1) is 10.1 Å². The van der Waals surface area contributed by atoms with Gasteiger partial charge in [0.05, 0.1) is 10.5 Å². The molecule has 0 aliphatic carbocycles. The number of amides is 1. The molecule has 2 atom stereocenters. The average Bonchev–Trinajstić information content (AvgIpc) is 2.72. The minimum atomic E-state index is -1.07. The molecule has 2 aromatic rings. The number of nitro benzene ring substituents is 1. The Bertz CT molecular complexity index is 942. The van der Waals surface area contributed by atoms with Crippen molar-refractivity contribution < 1.29 is 19.2 Å². The van der Waals surface area contributed by atoms with E-state index in [1.807, 2.05) is 18.2 Å². The summed E-state index contributed by atoms with van der Waals surface area (Å²) in [6.45, 7) is 5.59. The molecule has 0 unspecified atom stereocenters. The van der Waals surface area contributed by atoms with Crippen molar-refractivity contribution in [2.75, 3.05) is 24.3 Å². The van der Waals surface area contributed by atoms with Crippen LogP contribution in [0.2, 0.25) is 0 Å². The van der Waals surface area contributed by atoms with E-state index in [1.54, 1.807) is 25.1 Å². The van der Waals surface area contributed by atoms with Gasteiger partial charge in [-0.2, -0.15) is 0 Å². The third-order valence-electron chi connectivity index (χ3n) is 4.90. The first-order chi connectivity index (χ1) is 14.1. The Morgan fingerprint density at radius 2 is 1.83 bits per heavy atom. The van der Waals surface area contributed by atoms with Gasteiger partial charge in [-0.25, -0.2) is 4.79 Å². The van der Waals surface area contributed by atoms with Crippen LogP contribution in [-0.4, -0.2) is 37.0 Å². The van der Waals surface area contributed by atoms with Crippen LogP contribution in [0.5, 0.6) is 0 Å². The number of nitro groups is 1. The zero-order valence-electron chi connectivity index (χ0n) is 17.8. The second-order valence-electron chi connectivity index (χ2n) is 7.29. The Hall–Kier alpha value is -3.42. The summed E-state index contributed by atoms with van der Waals surface area (Å²) in [5.74, 6) is -1.02. The van der Waals surface area contributed by atoms with Crippen LogP contribution in [-0.2, 0) is 9.53 Å². The fraction of sp³-hybridized carbons (Fsp3) is 0.364. The zero-order valence-corrected chi connectivity index (χ0v) is 17.8. The summed E-state index contributed by atoms with van der Waals surface area (Å²) in [6.07, 6.45) is -0.158. The second-order valence-corrected chi connectivity index (χ2v) is 7.29. The number of ether oxygens (including phenoxy) is 1. The summed E-state index contributed by atoms with van der Waals surface area (Å²) in [7, 11) is 3.34. The minimum absolute atomic E-state index is 0.00644. The van der Waals surface area contributed by atoms with E-state index in [2.05, 4.69) is 19.2 Å². The first-order valence-corrected chi connectivity index (χ1v) is 9.72. The van der Waals surface area contributed by atoms with Gasteiger partial charge in [0.15, 0.2) is 6.10 Å². The Kier molecular flexibility index (Phi) is 7.52. The van der Waals surface area contributed by atoms with Gasteiger partial charge in [0.1, 0.15) is 5.69 Å². The quantitative estimate of drug-likeness (QED) is 0.392. The van der Waals surface area contributed by atoms with Gasteiger partial charge < -0.3 is 15.0 Å². The molecule has 0 bridgehead atoms. The number of carbonyl (C=O) groups is 2. The molecule has 0 fully saturated rings. The van der Waals surface area contributed by atoms with Crippen LogP contribution >= 0.6 is 0 Å². The van der Waals surface area contributed by atoms with Crippen molar-refractivity contribution in [2.45, 2.75) is 39.2 Å². The second kappa shape index (κ2) is 9.87. The van der Waals surface area contributed by atoms with Gasteiger partial charge in [0.25, 0.3) is 11.6 Å². The van der Waals surface area contributed by atoms with Gasteiger partial charge in [-0.15, -0.1) is 0 Å². The molecule has 1 amide bonds. The highest BCUT2D eigenvalue weighted by atomic mass is 16.6. The van der Waals surface area contributed by atoms with E-state index in [0.29, 0.717) is 11.4 Å². The summed E-state index contributed by atoms with van der Waals surface area (Å²) in [5.41, 5.74) is 1.83. The van der Waals surface area contributed by atoms with Crippen LogP contribution in [0.4, 0.5) is 17.1 Å². The lowest BCUT2D eigenvalue weighted by molar-refractivity contribution is -0.384. The van der Waals surface area contributed by atoms with Crippen molar-refractivity contribution in [1.29, 1.82) is 0 Å². The lowest BCUT2D eigenvalue weighted by Crippen LogP contribution is -2.30. The van der Waals surface area contributed by atoms with Gasteiger partial charge in [-0.05, 0) is 43.0 Å². The van der Waals surface area contributed by atoms with Crippen molar-refractivity contribution in [3.8, 4) is 0 Å². The topological polar surface area (TPSA) is 102 Å². The Morgan fingerprint density at radius 3 is 2.43 bits per heavy atom. The van der Waals surface area contributed by atoms with Crippen molar-refractivity contribution >= 4 is 28.9 Å². The summed E-state index contributed by atoms with van der Waals surface area (Å²) in [5, 5.41) is 14.1. The highest BCUT2D eigenvalue weighted by Crippen LogP contribution is 2.29. The number of rotatable bonds is 8. The van der Waals surface area contributed by atoms with Gasteiger partial charge >= 0.3 is 5.97 Å². The molecular formula is C22H27N3O5. The fourth-order valence-corrected chi connectivity index (χ4v) is 2.95. The molecule has 0 aromatic heterocycles. The molecule has 1 N–H and O–H groups in total. The van der Waals surface area contributed by atoms with Crippen LogP contribution in [0.15, 0.2) is 42.5 Å². The predicted octanol–water partition coefficient (Wildman–Crippen LogP) is 4.36. The Balaban J connectivity index is 2.14. The van der Waals surface area contributed by atoms with E-state index < -0.39 is 22.9 Å². The number of nitrogens with zero attached hydrogens (tertiary/aromatic N) is 2. The average molecular weight is 413 g/mol. The van der Waals surface area contributed by atoms with Crippen molar-refractivity contribution in [3.05, 3.63) is 63.7 Å². The van der Waals surface area contributed by atoms with Crippen molar-refractivity contribution in [3.63, 3.8) is 0 Å². The molecule has 0 saturated heterocycles. The Morgan fingerprint density at radius 1 is 1.17 bits per heavy atom. The monoisotopic (exact) mass is 413 g/mol. The van der Waals surface area contributed by atoms with E-state index >= 15 is 0 Å². The lowest BCUT2D eigenvalue weighted by Gasteiger charge is -2.18. The van der Waals surface area contributed by atoms with E-state index in [4.69, 9.17) is 4.74 Å². The van der Waals surface area contributed by atoms with Crippen molar-refractivity contribution in [1.82, 2.24) is 0 Å². The maximum atomic E-state index is 12.6. The smallest absolute Gasteiger partial charge is 0.339 e. The standard InChI is InChI=1S/C22H27N3O5/c1-6-14(2)17-9-7-8-10-18(17)23-21(26)15(3)30-22(27)16-11-12-19(24(4)5)20(13-16)25(28)29/h7-15H,6H2,1-5H3,(H,23,26)/t14-,15+/m1/s1. The molecule has 2 aromatic carbocycles. The summed E-state index contributed by atoms with van der Waals surface area (Å²) in [4.78, 5) is 37.3. The maximum absolute atomic E-state index is 12.6. The molecule has 8 heteroatoms.